The zero-order valence-electron chi connectivity index (χ0n) is 8.51. The van der Waals surface area contributed by atoms with Crippen molar-refractivity contribution in [3.05, 3.63) is 33.7 Å². The molecule has 0 aliphatic carbocycles. The molecule has 2 aromatic heterocycles. The second kappa shape index (κ2) is 5.03. The van der Waals surface area contributed by atoms with E-state index in [2.05, 4.69) is 5.10 Å². The molecule has 0 fully saturated rings. The van der Waals surface area contributed by atoms with Gasteiger partial charge >= 0.3 is 0 Å². The molecule has 2 heterocycles. The lowest BCUT2D eigenvalue weighted by atomic mass is 10.4. The topological polar surface area (TPSA) is 34.9 Å². The van der Waals surface area contributed by atoms with Gasteiger partial charge in [0.2, 0.25) is 0 Å². The quantitative estimate of drug-likeness (QED) is 0.634. The predicted octanol–water partition coefficient (Wildman–Crippen LogP) is 3.11. The predicted molar refractivity (Wildman–Crippen MR) is 67.6 cm³/mol. The molecule has 0 saturated carbocycles. The van der Waals surface area contributed by atoms with Crippen LogP contribution >= 0.6 is 34.7 Å². The first-order chi connectivity index (χ1) is 7.65. The Morgan fingerprint density at radius 3 is 3.00 bits per heavy atom. The summed E-state index contributed by atoms with van der Waals surface area (Å²) in [7, 11) is 1.85. The van der Waals surface area contributed by atoms with E-state index in [1.54, 1.807) is 23.0 Å². The number of ketones is 1. The van der Waals surface area contributed by atoms with Crippen LogP contribution in [-0.2, 0) is 7.05 Å². The van der Waals surface area contributed by atoms with Crippen LogP contribution in [0.2, 0.25) is 4.34 Å². The zero-order valence-corrected chi connectivity index (χ0v) is 10.9. The highest BCUT2D eigenvalue weighted by Gasteiger charge is 2.09. The van der Waals surface area contributed by atoms with Gasteiger partial charge in [-0.2, -0.15) is 5.10 Å². The molecule has 0 N–H and O–H groups in total. The van der Waals surface area contributed by atoms with Crippen LogP contribution in [-0.4, -0.2) is 21.3 Å². The second-order valence-corrected chi connectivity index (χ2v) is 5.93. The molecule has 0 aliphatic heterocycles. The normalized spacial score (nSPS) is 10.6. The molecule has 3 nitrogen and oxygen atoms in total. The first kappa shape index (κ1) is 11.7. The number of carbonyl (C=O) groups excluding carboxylic acids is 1. The zero-order chi connectivity index (χ0) is 11.5. The number of halogens is 1. The second-order valence-electron chi connectivity index (χ2n) is 3.17. The van der Waals surface area contributed by atoms with Crippen LogP contribution in [0.5, 0.6) is 0 Å². The molecule has 0 atom stereocenters. The van der Waals surface area contributed by atoms with Crippen molar-refractivity contribution >= 4 is 40.5 Å². The molecule has 0 bridgehead atoms. The van der Waals surface area contributed by atoms with Crippen LogP contribution in [0.3, 0.4) is 0 Å². The molecular formula is C10H9ClN2OS2. The lowest BCUT2D eigenvalue weighted by Crippen LogP contribution is -1.98. The Bertz CT molecular complexity index is 506. The van der Waals surface area contributed by atoms with Crippen molar-refractivity contribution in [1.29, 1.82) is 0 Å². The van der Waals surface area contributed by atoms with E-state index in [9.17, 15) is 4.79 Å². The SMILES string of the molecule is Cn1cc(SCC(=O)c2ccc(Cl)s2)cn1. The molecule has 84 valence electrons. The summed E-state index contributed by atoms with van der Waals surface area (Å²) in [5.74, 6) is 0.522. The van der Waals surface area contributed by atoms with E-state index in [-0.39, 0.29) is 5.78 Å². The molecule has 0 aliphatic rings. The van der Waals surface area contributed by atoms with Gasteiger partial charge < -0.3 is 0 Å². The minimum Gasteiger partial charge on any atom is -0.292 e. The number of nitrogens with zero attached hydrogens (tertiary/aromatic N) is 2. The summed E-state index contributed by atoms with van der Waals surface area (Å²) in [5, 5.41) is 4.04. The first-order valence-corrected chi connectivity index (χ1v) is 6.73. The molecule has 0 unspecified atom stereocenters. The number of thiophene rings is 1. The third-order valence-corrected chi connectivity index (χ3v) is 4.12. The molecular weight excluding hydrogens is 264 g/mol. The van der Waals surface area contributed by atoms with Crippen LogP contribution < -0.4 is 0 Å². The number of hydrogen-bond acceptors (Lipinski definition) is 4. The molecule has 0 amide bonds. The Balaban J connectivity index is 1.93. The average Bonchev–Trinajstić information content (AvgIpc) is 2.84. The van der Waals surface area contributed by atoms with Crippen LogP contribution in [0.15, 0.2) is 29.4 Å². The van der Waals surface area contributed by atoms with Crippen molar-refractivity contribution in [2.45, 2.75) is 4.90 Å². The monoisotopic (exact) mass is 272 g/mol. The maximum absolute atomic E-state index is 11.7. The Morgan fingerprint density at radius 2 is 2.44 bits per heavy atom. The van der Waals surface area contributed by atoms with E-state index >= 15 is 0 Å². The molecule has 0 spiro atoms. The van der Waals surface area contributed by atoms with Gasteiger partial charge in [-0.25, -0.2) is 0 Å². The third-order valence-electron chi connectivity index (χ3n) is 1.90. The van der Waals surface area contributed by atoms with Gasteiger partial charge in [0.05, 0.1) is 21.2 Å². The largest absolute Gasteiger partial charge is 0.292 e. The molecule has 0 radical (unpaired) electrons. The summed E-state index contributed by atoms with van der Waals surface area (Å²) < 4.78 is 2.36. The highest BCUT2D eigenvalue weighted by molar-refractivity contribution is 8.00. The van der Waals surface area contributed by atoms with Gasteiger partial charge in [0, 0.05) is 18.1 Å². The Hall–Kier alpha value is -0.780. The minimum atomic E-state index is 0.103. The summed E-state index contributed by atoms with van der Waals surface area (Å²) in [5.41, 5.74) is 0. The van der Waals surface area contributed by atoms with Crippen molar-refractivity contribution < 1.29 is 4.79 Å². The number of aromatic nitrogens is 2. The van der Waals surface area contributed by atoms with Gasteiger partial charge in [0.25, 0.3) is 0 Å². The summed E-state index contributed by atoms with van der Waals surface area (Å²) in [6, 6.07) is 3.51. The van der Waals surface area contributed by atoms with Crippen molar-refractivity contribution in [1.82, 2.24) is 9.78 Å². The summed E-state index contributed by atoms with van der Waals surface area (Å²) in [6.45, 7) is 0. The van der Waals surface area contributed by atoms with Crippen molar-refractivity contribution in [3.63, 3.8) is 0 Å². The fraction of sp³-hybridized carbons (Fsp3) is 0.200. The van der Waals surface area contributed by atoms with E-state index < -0.39 is 0 Å². The number of Topliss-reactive ketones (excluding diaryl/α,β-unsaturated/α-hetero) is 1. The van der Waals surface area contributed by atoms with E-state index in [0.29, 0.717) is 15.0 Å². The number of aryl methyl sites for hydroxylation is 1. The Morgan fingerprint density at radius 1 is 1.62 bits per heavy atom. The fourth-order valence-corrected chi connectivity index (χ4v) is 3.03. The van der Waals surface area contributed by atoms with E-state index in [1.165, 1.54) is 23.1 Å². The van der Waals surface area contributed by atoms with Gasteiger partial charge in [-0.3, -0.25) is 9.48 Å². The van der Waals surface area contributed by atoms with Crippen LogP contribution in [0.25, 0.3) is 0 Å². The van der Waals surface area contributed by atoms with Crippen LogP contribution in [0, 0.1) is 0 Å². The van der Waals surface area contributed by atoms with Crippen molar-refractivity contribution in [2.24, 2.45) is 7.05 Å². The van der Waals surface area contributed by atoms with Gasteiger partial charge in [0.1, 0.15) is 0 Å². The van der Waals surface area contributed by atoms with Gasteiger partial charge in [-0.15, -0.1) is 23.1 Å². The lowest BCUT2D eigenvalue weighted by molar-refractivity contribution is 0.102. The van der Waals surface area contributed by atoms with E-state index in [1.807, 2.05) is 13.2 Å². The van der Waals surface area contributed by atoms with E-state index in [4.69, 9.17) is 11.6 Å². The molecule has 0 aromatic carbocycles. The minimum absolute atomic E-state index is 0.103. The van der Waals surface area contributed by atoms with Gasteiger partial charge in [0.15, 0.2) is 5.78 Å². The molecule has 6 heteroatoms. The lowest BCUT2D eigenvalue weighted by Gasteiger charge is -1.95. The Labute approximate surface area is 106 Å². The van der Waals surface area contributed by atoms with Crippen LogP contribution in [0.4, 0.5) is 0 Å². The van der Waals surface area contributed by atoms with Gasteiger partial charge in [-0.1, -0.05) is 11.6 Å². The first-order valence-electron chi connectivity index (χ1n) is 4.55. The highest BCUT2D eigenvalue weighted by Crippen LogP contribution is 2.24. The number of hydrogen-bond donors (Lipinski definition) is 0. The standard InChI is InChI=1S/C10H9ClN2OS2/c1-13-5-7(4-12-13)15-6-8(14)9-2-3-10(11)16-9/h2-5H,6H2,1H3. The molecule has 0 saturated heterocycles. The maximum Gasteiger partial charge on any atom is 0.183 e. The number of carbonyl (C=O) groups is 1. The maximum atomic E-state index is 11.7. The smallest absolute Gasteiger partial charge is 0.183 e. The van der Waals surface area contributed by atoms with Crippen molar-refractivity contribution in [2.75, 3.05) is 5.75 Å². The molecule has 2 aromatic rings. The summed E-state index contributed by atoms with van der Waals surface area (Å²) in [6.07, 6.45) is 3.64. The fourth-order valence-electron chi connectivity index (χ4n) is 1.16. The highest BCUT2D eigenvalue weighted by atomic mass is 35.5. The number of rotatable bonds is 4. The third kappa shape index (κ3) is 2.87. The van der Waals surface area contributed by atoms with Crippen molar-refractivity contribution in [3.8, 4) is 0 Å². The van der Waals surface area contributed by atoms with Crippen LogP contribution in [0.1, 0.15) is 9.67 Å². The summed E-state index contributed by atoms with van der Waals surface area (Å²) >= 11 is 8.57. The van der Waals surface area contributed by atoms with Gasteiger partial charge in [-0.05, 0) is 12.1 Å². The molecule has 16 heavy (non-hydrogen) atoms. The number of thioether (sulfide) groups is 1. The van der Waals surface area contributed by atoms with E-state index in [0.717, 1.165) is 4.90 Å². The Kier molecular flexibility index (Phi) is 3.68. The average molecular weight is 273 g/mol. The summed E-state index contributed by atoms with van der Waals surface area (Å²) in [4.78, 5) is 13.5. The molecule has 2 rings (SSSR count).